The number of rotatable bonds is 2. The molecule has 0 fully saturated rings. The van der Waals surface area contributed by atoms with E-state index in [1.807, 2.05) is 32.6 Å². The number of hydrogen-bond acceptors (Lipinski definition) is 1. The SMILES string of the molecule is CC.CC(C)NC(=O)N1CC=C(C(C)C)CC1. The maximum absolute atomic E-state index is 11.7. The van der Waals surface area contributed by atoms with Crippen molar-refractivity contribution in [3.8, 4) is 0 Å². The second-order valence-electron chi connectivity index (χ2n) is 4.73. The minimum Gasteiger partial charge on any atom is -0.336 e. The number of urea groups is 1. The van der Waals surface area contributed by atoms with Crippen LogP contribution in [0.15, 0.2) is 11.6 Å². The van der Waals surface area contributed by atoms with Gasteiger partial charge < -0.3 is 10.2 Å². The van der Waals surface area contributed by atoms with Gasteiger partial charge in [-0.2, -0.15) is 0 Å². The maximum atomic E-state index is 11.7. The molecule has 1 aliphatic rings. The Bertz CT molecular complexity index is 257. The summed E-state index contributed by atoms with van der Waals surface area (Å²) >= 11 is 0. The van der Waals surface area contributed by atoms with Gasteiger partial charge >= 0.3 is 6.03 Å². The van der Waals surface area contributed by atoms with Gasteiger partial charge in [-0.15, -0.1) is 0 Å². The van der Waals surface area contributed by atoms with Crippen LogP contribution in [0.2, 0.25) is 0 Å². The molecule has 1 aliphatic heterocycles. The summed E-state index contributed by atoms with van der Waals surface area (Å²) in [5.41, 5.74) is 1.48. The third-order valence-corrected chi connectivity index (χ3v) is 2.69. The molecule has 0 saturated carbocycles. The molecule has 0 unspecified atom stereocenters. The molecule has 3 nitrogen and oxygen atoms in total. The monoisotopic (exact) mass is 240 g/mol. The highest BCUT2D eigenvalue weighted by Crippen LogP contribution is 2.18. The van der Waals surface area contributed by atoms with Gasteiger partial charge in [0.05, 0.1) is 0 Å². The van der Waals surface area contributed by atoms with Crippen molar-refractivity contribution in [2.45, 2.75) is 54.0 Å². The summed E-state index contributed by atoms with van der Waals surface area (Å²) in [6, 6.07) is 0.275. The quantitative estimate of drug-likeness (QED) is 0.737. The smallest absolute Gasteiger partial charge is 0.317 e. The average Bonchev–Trinajstić information content (AvgIpc) is 2.31. The number of amides is 2. The Morgan fingerprint density at radius 2 is 1.88 bits per heavy atom. The minimum atomic E-state index is 0.0593. The largest absolute Gasteiger partial charge is 0.336 e. The van der Waals surface area contributed by atoms with E-state index in [4.69, 9.17) is 0 Å². The van der Waals surface area contributed by atoms with E-state index >= 15 is 0 Å². The summed E-state index contributed by atoms with van der Waals surface area (Å²) in [5.74, 6) is 0.611. The number of hydrogen-bond donors (Lipinski definition) is 1. The Labute approximate surface area is 106 Å². The second kappa shape index (κ2) is 8.15. The molecule has 0 aromatic rings. The lowest BCUT2D eigenvalue weighted by Gasteiger charge is -2.28. The maximum Gasteiger partial charge on any atom is 0.317 e. The van der Waals surface area contributed by atoms with Crippen LogP contribution in [0.1, 0.15) is 48.0 Å². The van der Waals surface area contributed by atoms with Crippen LogP contribution in [0, 0.1) is 5.92 Å². The zero-order valence-electron chi connectivity index (χ0n) is 12.2. The van der Waals surface area contributed by atoms with E-state index in [9.17, 15) is 4.79 Å². The van der Waals surface area contributed by atoms with E-state index in [1.54, 1.807) is 0 Å². The first-order chi connectivity index (χ1) is 8.00. The van der Waals surface area contributed by atoms with Crippen molar-refractivity contribution in [3.05, 3.63) is 11.6 Å². The van der Waals surface area contributed by atoms with Gasteiger partial charge in [-0.3, -0.25) is 0 Å². The van der Waals surface area contributed by atoms with Gasteiger partial charge in [0.25, 0.3) is 0 Å². The van der Waals surface area contributed by atoms with Gasteiger partial charge in [0.15, 0.2) is 0 Å². The van der Waals surface area contributed by atoms with Gasteiger partial charge in [-0.25, -0.2) is 4.79 Å². The molecule has 1 N–H and O–H groups in total. The standard InChI is InChI=1S/C12H22N2O.C2H6/c1-9(2)11-5-7-14(8-6-11)12(15)13-10(3)4;1-2/h5,9-10H,6-8H2,1-4H3,(H,13,15);1-2H3. The first-order valence-electron chi connectivity index (χ1n) is 6.75. The summed E-state index contributed by atoms with van der Waals surface area (Å²) in [4.78, 5) is 13.5. The summed E-state index contributed by atoms with van der Waals surface area (Å²) in [5, 5.41) is 2.91. The number of carbonyl (C=O) groups excluding carboxylic acids is 1. The lowest BCUT2D eigenvalue weighted by atomic mass is 9.97. The lowest BCUT2D eigenvalue weighted by molar-refractivity contribution is 0.198. The fourth-order valence-electron chi connectivity index (χ4n) is 1.73. The number of nitrogens with one attached hydrogen (secondary N) is 1. The van der Waals surface area contributed by atoms with Crippen molar-refractivity contribution in [1.29, 1.82) is 0 Å². The van der Waals surface area contributed by atoms with Crippen LogP contribution < -0.4 is 5.32 Å². The third-order valence-electron chi connectivity index (χ3n) is 2.69. The minimum absolute atomic E-state index is 0.0593. The van der Waals surface area contributed by atoms with Gasteiger partial charge in [0, 0.05) is 19.1 Å². The van der Waals surface area contributed by atoms with E-state index < -0.39 is 0 Å². The van der Waals surface area contributed by atoms with Crippen LogP contribution in [0.25, 0.3) is 0 Å². The molecule has 1 heterocycles. The van der Waals surface area contributed by atoms with Crippen molar-refractivity contribution >= 4 is 6.03 Å². The predicted octanol–water partition coefficient (Wildman–Crippen LogP) is 3.42. The molecule has 1 rings (SSSR count). The average molecular weight is 240 g/mol. The Morgan fingerprint density at radius 1 is 1.29 bits per heavy atom. The van der Waals surface area contributed by atoms with E-state index in [2.05, 4.69) is 25.2 Å². The van der Waals surface area contributed by atoms with E-state index in [0.29, 0.717) is 5.92 Å². The Hall–Kier alpha value is -0.990. The lowest BCUT2D eigenvalue weighted by Crippen LogP contribution is -2.44. The molecule has 0 aromatic carbocycles. The third kappa shape index (κ3) is 5.76. The predicted molar refractivity (Wildman–Crippen MR) is 74.1 cm³/mol. The van der Waals surface area contributed by atoms with Crippen molar-refractivity contribution in [3.63, 3.8) is 0 Å². The highest BCUT2D eigenvalue weighted by atomic mass is 16.2. The highest BCUT2D eigenvalue weighted by molar-refractivity contribution is 5.74. The van der Waals surface area contributed by atoms with Crippen molar-refractivity contribution in [1.82, 2.24) is 10.2 Å². The molecule has 0 saturated heterocycles. The first kappa shape index (κ1) is 16.0. The fraction of sp³-hybridized carbons (Fsp3) is 0.786. The molecule has 0 spiro atoms. The van der Waals surface area contributed by atoms with Crippen LogP contribution in [0.4, 0.5) is 4.79 Å². The van der Waals surface area contributed by atoms with Gasteiger partial charge in [-0.05, 0) is 26.2 Å². The zero-order chi connectivity index (χ0) is 13.4. The van der Waals surface area contributed by atoms with E-state index in [-0.39, 0.29) is 12.1 Å². The molecule has 0 atom stereocenters. The molecule has 0 aliphatic carbocycles. The van der Waals surface area contributed by atoms with Gasteiger partial charge in [0.1, 0.15) is 0 Å². The normalized spacial score (nSPS) is 15.3. The summed E-state index contributed by atoms with van der Waals surface area (Å²) in [6.07, 6.45) is 3.21. The molecule has 17 heavy (non-hydrogen) atoms. The molecule has 0 radical (unpaired) electrons. The Kier molecular flexibility index (Phi) is 7.68. The van der Waals surface area contributed by atoms with Crippen LogP contribution >= 0.6 is 0 Å². The fourth-order valence-corrected chi connectivity index (χ4v) is 1.73. The molecule has 2 amide bonds. The van der Waals surface area contributed by atoms with Crippen LogP contribution in [-0.4, -0.2) is 30.1 Å². The Balaban J connectivity index is 0.00000121. The zero-order valence-corrected chi connectivity index (χ0v) is 12.2. The molecular formula is C14H28N2O. The summed E-state index contributed by atoms with van der Waals surface area (Å²) in [7, 11) is 0. The molecular weight excluding hydrogens is 212 g/mol. The summed E-state index contributed by atoms with van der Waals surface area (Å²) in [6.45, 7) is 14.0. The van der Waals surface area contributed by atoms with E-state index in [0.717, 1.165) is 19.5 Å². The Morgan fingerprint density at radius 3 is 2.24 bits per heavy atom. The van der Waals surface area contributed by atoms with Crippen molar-refractivity contribution in [2.24, 2.45) is 5.92 Å². The van der Waals surface area contributed by atoms with Gasteiger partial charge in [0.2, 0.25) is 0 Å². The molecule has 100 valence electrons. The molecule has 0 aromatic heterocycles. The van der Waals surface area contributed by atoms with Crippen LogP contribution in [0.3, 0.4) is 0 Å². The number of nitrogens with zero attached hydrogens (tertiary/aromatic N) is 1. The van der Waals surface area contributed by atoms with Gasteiger partial charge in [-0.1, -0.05) is 39.3 Å². The topological polar surface area (TPSA) is 32.3 Å². The van der Waals surface area contributed by atoms with Crippen LogP contribution in [-0.2, 0) is 0 Å². The molecule has 3 heteroatoms. The summed E-state index contributed by atoms with van der Waals surface area (Å²) < 4.78 is 0. The first-order valence-corrected chi connectivity index (χ1v) is 6.75. The van der Waals surface area contributed by atoms with E-state index in [1.165, 1.54) is 5.57 Å². The number of carbonyl (C=O) groups is 1. The van der Waals surface area contributed by atoms with Crippen LogP contribution in [0.5, 0.6) is 0 Å². The molecule has 0 bridgehead atoms. The second-order valence-corrected chi connectivity index (χ2v) is 4.73. The van der Waals surface area contributed by atoms with Crippen molar-refractivity contribution in [2.75, 3.05) is 13.1 Å². The highest BCUT2D eigenvalue weighted by Gasteiger charge is 2.18. The van der Waals surface area contributed by atoms with Crippen molar-refractivity contribution < 1.29 is 4.79 Å².